The number of rotatable bonds is 10. The second-order valence-electron chi connectivity index (χ2n) is 7.97. The van der Waals surface area contributed by atoms with E-state index in [1.54, 1.807) is 19.1 Å². The molecule has 3 rings (SSSR count). The van der Waals surface area contributed by atoms with Crippen LogP contribution in [0.1, 0.15) is 21.5 Å². The smallest absolute Gasteiger partial charge is 0.262 e. The molecule has 37 heavy (non-hydrogen) atoms. The van der Waals surface area contributed by atoms with Crippen LogP contribution in [-0.4, -0.2) is 43.5 Å². The van der Waals surface area contributed by atoms with Gasteiger partial charge in [0.2, 0.25) is 10.0 Å². The Morgan fingerprint density at radius 1 is 0.946 bits per heavy atom. The van der Waals surface area contributed by atoms with E-state index < -0.39 is 26.0 Å². The van der Waals surface area contributed by atoms with Gasteiger partial charge in [-0.25, -0.2) is 22.0 Å². The molecular formula is C24H26ClN3O7S2. The Morgan fingerprint density at radius 3 is 2.19 bits per heavy atom. The zero-order chi connectivity index (χ0) is 27.4. The van der Waals surface area contributed by atoms with Crippen molar-refractivity contribution in [2.45, 2.75) is 23.1 Å². The Balaban J connectivity index is 1.75. The van der Waals surface area contributed by atoms with Gasteiger partial charge in [-0.05, 0) is 54.8 Å². The summed E-state index contributed by atoms with van der Waals surface area (Å²) in [5.74, 6) is 0.0489. The summed E-state index contributed by atoms with van der Waals surface area (Å²) >= 11 is 6.15. The number of hydrogen-bond acceptors (Lipinski definition) is 7. The SMILES string of the molecule is COc1cc(OC)c(NS(=O)(=O)c2cc(C(=O)NCCc3ccc(S(N)(=O)=O)cc3)ccc2C)cc1Cl. The number of methoxy groups -OCH3 is 2. The number of amides is 1. The molecule has 0 unspecified atom stereocenters. The molecule has 198 valence electrons. The molecule has 0 saturated carbocycles. The van der Waals surface area contributed by atoms with Gasteiger partial charge in [-0.2, -0.15) is 0 Å². The number of aryl methyl sites for hydroxylation is 1. The highest BCUT2D eigenvalue weighted by Crippen LogP contribution is 2.37. The lowest BCUT2D eigenvalue weighted by molar-refractivity contribution is 0.0954. The van der Waals surface area contributed by atoms with Crippen molar-refractivity contribution in [3.05, 3.63) is 76.3 Å². The van der Waals surface area contributed by atoms with Gasteiger partial charge in [-0.1, -0.05) is 29.8 Å². The summed E-state index contributed by atoms with van der Waals surface area (Å²) in [7, 11) is -5.09. The Hall–Kier alpha value is -3.32. The highest BCUT2D eigenvalue weighted by atomic mass is 35.5. The monoisotopic (exact) mass is 567 g/mol. The first-order valence-corrected chi connectivity index (χ1v) is 14.2. The number of sulfonamides is 2. The van der Waals surface area contributed by atoms with Crippen LogP contribution in [0.5, 0.6) is 11.5 Å². The van der Waals surface area contributed by atoms with Crippen LogP contribution in [0.3, 0.4) is 0 Å². The molecule has 10 nitrogen and oxygen atoms in total. The average Bonchev–Trinajstić information content (AvgIpc) is 2.84. The molecule has 0 aromatic heterocycles. The normalized spacial score (nSPS) is 11.6. The third kappa shape index (κ3) is 6.92. The number of primary sulfonamides is 1. The van der Waals surface area contributed by atoms with Gasteiger partial charge in [-0.3, -0.25) is 9.52 Å². The van der Waals surface area contributed by atoms with Crippen molar-refractivity contribution in [2.24, 2.45) is 5.14 Å². The summed E-state index contributed by atoms with van der Waals surface area (Å²) in [5, 5.41) is 8.01. The van der Waals surface area contributed by atoms with Crippen LogP contribution in [0, 0.1) is 6.92 Å². The third-order valence-electron chi connectivity index (χ3n) is 5.41. The highest BCUT2D eigenvalue weighted by Gasteiger charge is 2.22. The molecule has 0 bridgehead atoms. The summed E-state index contributed by atoms with van der Waals surface area (Å²) in [4.78, 5) is 12.6. The second-order valence-corrected chi connectivity index (χ2v) is 11.6. The summed E-state index contributed by atoms with van der Waals surface area (Å²) in [6.07, 6.45) is 0.424. The van der Waals surface area contributed by atoms with Gasteiger partial charge in [0.25, 0.3) is 15.9 Å². The largest absolute Gasteiger partial charge is 0.495 e. The number of ether oxygens (including phenoxy) is 2. The van der Waals surface area contributed by atoms with Gasteiger partial charge < -0.3 is 14.8 Å². The number of halogens is 1. The molecule has 3 aromatic carbocycles. The zero-order valence-corrected chi connectivity index (χ0v) is 22.6. The molecule has 0 saturated heterocycles. The minimum absolute atomic E-state index is 0.00294. The minimum atomic E-state index is -4.12. The number of nitrogens with one attached hydrogen (secondary N) is 2. The lowest BCUT2D eigenvalue weighted by Gasteiger charge is -2.16. The molecule has 13 heteroatoms. The van der Waals surface area contributed by atoms with Crippen molar-refractivity contribution in [2.75, 3.05) is 25.5 Å². The van der Waals surface area contributed by atoms with Gasteiger partial charge in [0, 0.05) is 18.2 Å². The number of anilines is 1. The quantitative estimate of drug-likeness (QED) is 0.340. The van der Waals surface area contributed by atoms with Crippen LogP contribution in [0.15, 0.2) is 64.4 Å². The van der Waals surface area contributed by atoms with Crippen molar-refractivity contribution < 1.29 is 31.1 Å². The van der Waals surface area contributed by atoms with Crippen LogP contribution in [0.25, 0.3) is 0 Å². The van der Waals surface area contributed by atoms with Gasteiger partial charge in [-0.15, -0.1) is 0 Å². The van der Waals surface area contributed by atoms with Crippen molar-refractivity contribution in [1.29, 1.82) is 0 Å². The number of carbonyl (C=O) groups excluding carboxylic acids is 1. The number of carbonyl (C=O) groups is 1. The van der Waals surface area contributed by atoms with E-state index >= 15 is 0 Å². The average molecular weight is 568 g/mol. The van der Waals surface area contributed by atoms with E-state index in [1.165, 1.54) is 56.7 Å². The van der Waals surface area contributed by atoms with Gasteiger partial charge in [0.1, 0.15) is 11.5 Å². The first kappa shape index (κ1) is 28.3. The van der Waals surface area contributed by atoms with E-state index in [9.17, 15) is 21.6 Å². The molecule has 0 fully saturated rings. The first-order valence-electron chi connectivity index (χ1n) is 10.8. The van der Waals surface area contributed by atoms with Crippen LogP contribution < -0.4 is 24.7 Å². The first-order chi connectivity index (χ1) is 17.4. The highest BCUT2D eigenvalue weighted by molar-refractivity contribution is 7.92. The molecule has 0 radical (unpaired) electrons. The fraction of sp³-hybridized carbons (Fsp3) is 0.208. The molecule has 0 aliphatic heterocycles. The topological polar surface area (TPSA) is 154 Å². The predicted molar refractivity (Wildman–Crippen MR) is 140 cm³/mol. The summed E-state index contributed by atoms with van der Waals surface area (Å²) in [5.41, 5.74) is 1.47. The second kappa shape index (κ2) is 11.4. The maximum absolute atomic E-state index is 13.2. The molecule has 0 aliphatic rings. The Bertz CT molecular complexity index is 1520. The van der Waals surface area contributed by atoms with Gasteiger partial charge in [0.15, 0.2) is 0 Å². The number of benzene rings is 3. The molecule has 3 aromatic rings. The molecule has 0 heterocycles. The maximum Gasteiger partial charge on any atom is 0.262 e. The Labute approximate surface area is 220 Å². The third-order valence-corrected chi connectivity index (χ3v) is 8.14. The van der Waals surface area contributed by atoms with Crippen molar-refractivity contribution in [3.8, 4) is 11.5 Å². The molecule has 1 amide bonds. The summed E-state index contributed by atoms with van der Waals surface area (Å²) < 4.78 is 62.0. The lowest BCUT2D eigenvalue weighted by Crippen LogP contribution is -2.26. The van der Waals surface area contributed by atoms with Crippen molar-refractivity contribution in [3.63, 3.8) is 0 Å². The predicted octanol–water partition coefficient (Wildman–Crippen LogP) is 3.09. The number of hydrogen-bond donors (Lipinski definition) is 3. The van der Waals surface area contributed by atoms with Crippen LogP contribution >= 0.6 is 11.6 Å². The maximum atomic E-state index is 13.2. The lowest BCUT2D eigenvalue weighted by atomic mass is 10.1. The van der Waals surface area contributed by atoms with E-state index in [4.69, 9.17) is 26.2 Å². The van der Waals surface area contributed by atoms with E-state index in [-0.39, 0.29) is 38.4 Å². The fourth-order valence-corrected chi connectivity index (χ4v) is 5.53. The zero-order valence-electron chi connectivity index (χ0n) is 20.2. The van der Waals surface area contributed by atoms with E-state index in [0.29, 0.717) is 17.7 Å². The standard InChI is InChI=1S/C24H26ClN3O7S2/c1-15-4-7-17(24(29)27-11-10-16-5-8-18(9-6-16)36(26,30)31)12-23(15)37(32,33)28-20-13-19(25)21(34-2)14-22(20)35-3/h4-9,12-14,28H,10-11H2,1-3H3,(H,27,29)(H2,26,30,31). The molecule has 0 aliphatic carbocycles. The summed E-state index contributed by atoms with van der Waals surface area (Å²) in [6.45, 7) is 1.85. The molecule has 0 spiro atoms. The van der Waals surface area contributed by atoms with Crippen LogP contribution in [0.2, 0.25) is 5.02 Å². The number of nitrogens with two attached hydrogens (primary N) is 1. The van der Waals surface area contributed by atoms with Crippen LogP contribution in [0.4, 0.5) is 5.69 Å². The Morgan fingerprint density at radius 2 is 1.59 bits per heavy atom. The molecule has 4 N–H and O–H groups in total. The van der Waals surface area contributed by atoms with Gasteiger partial charge >= 0.3 is 0 Å². The van der Waals surface area contributed by atoms with E-state index in [0.717, 1.165) is 5.56 Å². The minimum Gasteiger partial charge on any atom is -0.495 e. The van der Waals surface area contributed by atoms with Crippen LogP contribution in [-0.2, 0) is 26.5 Å². The van der Waals surface area contributed by atoms with E-state index in [1.807, 2.05) is 0 Å². The van der Waals surface area contributed by atoms with Gasteiger partial charge in [0.05, 0.1) is 34.7 Å². The summed E-state index contributed by atoms with van der Waals surface area (Å²) in [6, 6.07) is 13.2. The van der Waals surface area contributed by atoms with Crippen molar-refractivity contribution in [1.82, 2.24) is 5.32 Å². The van der Waals surface area contributed by atoms with E-state index in [2.05, 4.69) is 10.0 Å². The molecular weight excluding hydrogens is 542 g/mol. The fourth-order valence-electron chi connectivity index (χ4n) is 3.44. The molecule has 0 atom stereocenters. The van der Waals surface area contributed by atoms with Crippen molar-refractivity contribution >= 4 is 43.2 Å². The Kier molecular flexibility index (Phi) is 8.69.